The van der Waals surface area contributed by atoms with Gasteiger partial charge in [-0.25, -0.2) is 0 Å². The van der Waals surface area contributed by atoms with Crippen LogP contribution in [0.4, 0.5) is 5.69 Å². The monoisotopic (exact) mass is 206 g/mol. The molecule has 0 atom stereocenters. The molecule has 1 heterocycles. The van der Waals surface area contributed by atoms with Crippen LogP contribution in [-0.2, 0) is 10.8 Å². The summed E-state index contributed by atoms with van der Waals surface area (Å²) in [5.74, 6) is 0. The Morgan fingerprint density at radius 2 is 1.53 bits per heavy atom. The Kier molecular flexibility index (Phi) is 2.81. The first kappa shape index (κ1) is 12.0. The van der Waals surface area contributed by atoms with Gasteiger partial charge in [-0.1, -0.05) is 41.5 Å². The predicted octanol–water partition coefficient (Wildman–Crippen LogP) is 3.26. The number of nitrogens with zero attached hydrogens (tertiary/aromatic N) is 1. The maximum absolute atomic E-state index is 6.04. The summed E-state index contributed by atoms with van der Waals surface area (Å²) in [4.78, 5) is 4.49. The van der Waals surface area contributed by atoms with Crippen molar-refractivity contribution in [1.82, 2.24) is 4.98 Å². The Morgan fingerprint density at radius 3 is 1.87 bits per heavy atom. The summed E-state index contributed by atoms with van der Waals surface area (Å²) in [5, 5.41) is 0. The largest absolute Gasteiger partial charge is 0.397 e. The standard InChI is InChI=1S/C13H22N2/c1-12(2,3)9-7-10(14)11(15-8-9)13(4,5)6/h7-8H,14H2,1-6H3. The zero-order valence-electron chi connectivity index (χ0n) is 10.7. The zero-order chi connectivity index (χ0) is 11.9. The van der Waals surface area contributed by atoms with Crippen molar-refractivity contribution >= 4 is 5.69 Å². The number of hydrogen-bond acceptors (Lipinski definition) is 2. The lowest BCUT2D eigenvalue weighted by atomic mass is 9.85. The van der Waals surface area contributed by atoms with Crippen molar-refractivity contribution < 1.29 is 0 Å². The van der Waals surface area contributed by atoms with E-state index in [9.17, 15) is 0 Å². The highest BCUT2D eigenvalue weighted by Gasteiger charge is 2.21. The van der Waals surface area contributed by atoms with Gasteiger partial charge in [-0.05, 0) is 17.0 Å². The number of anilines is 1. The minimum absolute atomic E-state index is 0.0144. The van der Waals surface area contributed by atoms with Crippen LogP contribution in [0.3, 0.4) is 0 Å². The molecule has 0 saturated heterocycles. The minimum Gasteiger partial charge on any atom is -0.397 e. The van der Waals surface area contributed by atoms with Crippen LogP contribution in [0.25, 0.3) is 0 Å². The highest BCUT2D eigenvalue weighted by molar-refractivity contribution is 5.49. The lowest BCUT2D eigenvalue weighted by Gasteiger charge is -2.24. The molecule has 0 saturated carbocycles. The average Bonchev–Trinajstić information content (AvgIpc) is 1.99. The van der Waals surface area contributed by atoms with Crippen molar-refractivity contribution in [3.05, 3.63) is 23.5 Å². The number of aromatic nitrogens is 1. The smallest absolute Gasteiger partial charge is 0.0686 e. The van der Waals surface area contributed by atoms with Crippen LogP contribution < -0.4 is 5.73 Å². The molecule has 2 nitrogen and oxygen atoms in total. The molecule has 0 radical (unpaired) electrons. The Bertz CT molecular complexity index is 354. The molecule has 0 aliphatic carbocycles. The van der Waals surface area contributed by atoms with E-state index in [-0.39, 0.29) is 10.8 Å². The Balaban J connectivity index is 3.21. The van der Waals surface area contributed by atoms with Gasteiger partial charge in [0.1, 0.15) is 0 Å². The van der Waals surface area contributed by atoms with Crippen LogP contribution in [-0.4, -0.2) is 4.98 Å². The molecule has 0 aliphatic rings. The van der Waals surface area contributed by atoms with Crippen molar-refractivity contribution in [1.29, 1.82) is 0 Å². The van der Waals surface area contributed by atoms with Gasteiger partial charge in [-0.3, -0.25) is 4.98 Å². The molecule has 0 aromatic carbocycles. The first-order valence-electron chi connectivity index (χ1n) is 5.39. The summed E-state index contributed by atoms with van der Waals surface area (Å²) in [7, 11) is 0. The molecular weight excluding hydrogens is 184 g/mol. The van der Waals surface area contributed by atoms with Crippen molar-refractivity contribution in [3.8, 4) is 0 Å². The first-order valence-corrected chi connectivity index (χ1v) is 5.39. The van der Waals surface area contributed by atoms with Crippen LogP contribution in [0.2, 0.25) is 0 Å². The lowest BCUT2D eigenvalue weighted by Crippen LogP contribution is -2.19. The van der Waals surface area contributed by atoms with Gasteiger partial charge in [0.05, 0.1) is 11.4 Å². The maximum atomic E-state index is 6.04. The second kappa shape index (κ2) is 3.51. The fraction of sp³-hybridized carbons (Fsp3) is 0.615. The molecule has 0 unspecified atom stereocenters. The highest BCUT2D eigenvalue weighted by Crippen LogP contribution is 2.29. The third kappa shape index (κ3) is 2.71. The maximum Gasteiger partial charge on any atom is 0.0686 e. The molecule has 0 fully saturated rings. The normalized spacial score (nSPS) is 12.9. The van der Waals surface area contributed by atoms with Crippen LogP contribution in [0, 0.1) is 0 Å². The van der Waals surface area contributed by atoms with Crippen molar-refractivity contribution in [2.75, 3.05) is 5.73 Å². The molecule has 1 aromatic heterocycles. The number of hydrogen-bond donors (Lipinski definition) is 1. The van der Waals surface area contributed by atoms with E-state index < -0.39 is 0 Å². The molecule has 0 spiro atoms. The van der Waals surface area contributed by atoms with E-state index in [4.69, 9.17) is 5.73 Å². The third-order valence-electron chi connectivity index (χ3n) is 2.49. The number of nitrogens with two attached hydrogens (primary N) is 1. The summed E-state index contributed by atoms with van der Waals surface area (Å²) in [6.45, 7) is 12.9. The molecule has 0 bridgehead atoms. The summed E-state index contributed by atoms with van der Waals surface area (Å²) < 4.78 is 0. The second-order valence-electron chi connectivity index (χ2n) is 6.16. The van der Waals surface area contributed by atoms with Gasteiger partial charge in [-0.2, -0.15) is 0 Å². The Morgan fingerprint density at radius 1 is 1.00 bits per heavy atom. The molecule has 15 heavy (non-hydrogen) atoms. The molecular formula is C13H22N2. The third-order valence-corrected chi connectivity index (χ3v) is 2.49. The van der Waals surface area contributed by atoms with Crippen LogP contribution in [0.15, 0.2) is 12.3 Å². The van der Waals surface area contributed by atoms with E-state index in [1.54, 1.807) is 0 Å². The van der Waals surface area contributed by atoms with Crippen LogP contribution in [0.1, 0.15) is 52.8 Å². The van der Waals surface area contributed by atoms with Gasteiger partial charge in [0.2, 0.25) is 0 Å². The van der Waals surface area contributed by atoms with Gasteiger partial charge < -0.3 is 5.73 Å². The molecule has 1 rings (SSSR count). The van der Waals surface area contributed by atoms with Gasteiger partial charge >= 0.3 is 0 Å². The quantitative estimate of drug-likeness (QED) is 0.707. The fourth-order valence-electron chi connectivity index (χ4n) is 1.52. The molecule has 2 N–H and O–H groups in total. The number of rotatable bonds is 0. The summed E-state index contributed by atoms with van der Waals surface area (Å²) in [6, 6.07) is 2.05. The SMILES string of the molecule is CC(C)(C)c1cnc(C(C)(C)C)c(N)c1. The Hall–Kier alpha value is -1.05. The average molecular weight is 206 g/mol. The van der Waals surface area contributed by atoms with Gasteiger partial charge in [0, 0.05) is 11.6 Å². The van der Waals surface area contributed by atoms with Gasteiger partial charge in [0.25, 0.3) is 0 Å². The molecule has 84 valence electrons. The van der Waals surface area contributed by atoms with E-state index in [0.29, 0.717) is 0 Å². The lowest BCUT2D eigenvalue weighted by molar-refractivity contribution is 0.559. The van der Waals surface area contributed by atoms with Gasteiger partial charge in [0.15, 0.2) is 0 Å². The van der Waals surface area contributed by atoms with Gasteiger partial charge in [-0.15, -0.1) is 0 Å². The fourth-order valence-corrected chi connectivity index (χ4v) is 1.52. The minimum atomic E-state index is 0.0144. The Labute approximate surface area is 92.9 Å². The molecule has 1 aromatic rings. The summed E-state index contributed by atoms with van der Waals surface area (Å²) in [6.07, 6.45) is 1.94. The predicted molar refractivity (Wildman–Crippen MR) is 66.0 cm³/mol. The highest BCUT2D eigenvalue weighted by atomic mass is 14.8. The van der Waals surface area contributed by atoms with Crippen LogP contribution >= 0.6 is 0 Å². The summed E-state index contributed by atoms with van der Waals surface area (Å²) in [5.41, 5.74) is 9.14. The van der Waals surface area contributed by atoms with E-state index in [1.807, 2.05) is 12.3 Å². The van der Waals surface area contributed by atoms with E-state index in [1.165, 1.54) is 5.56 Å². The van der Waals surface area contributed by atoms with Crippen LogP contribution in [0.5, 0.6) is 0 Å². The topological polar surface area (TPSA) is 38.9 Å². The first-order chi connectivity index (χ1) is 6.62. The van der Waals surface area contributed by atoms with E-state index in [2.05, 4.69) is 46.5 Å². The second-order valence-corrected chi connectivity index (χ2v) is 6.16. The molecule has 0 aliphatic heterocycles. The molecule has 0 amide bonds. The zero-order valence-corrected chi connectivity index (χ0v) is 10.7. The number of pyridine rings is 1. The summed E-state index contributed by atoms with van der Waals surface area (Å²) >= 11 is 0. The van der Waals surface area contributed by atoms with Crippen molar-refractivity contribution in [3.63, 3.8) is 0 Å². The van der Waals surface area contributed by atoms with E-state index >= 15 is 0 Å². The number of nitrogen functional groups attached to an aromatic ring is 1. The van der Waals surface area contributed by atoms with Crippen molar-refractivity contribution in [2.45, 2.75) is 52.4 Å². The molecule has 2 heteroatoms. The van der Waals surface area contributed by atoms with E-state index in [0.717, 1.165) is 11.4 Å². The van der Waals surface area contributed by atoms with Crippen molar-refractivity contribution in [2.24, 2.45) is 0 Å².